The van der Waals surface area contributed by atoms with Gasteiger partial charge in [0, 0.05) is 16.8 Å². The van der Waals surface area contributed by atoms with E-state index < -0.39 is 0 Å². The van der Waals surface area contributed by atoms with Gasteiger partial charge in [-0.15, -0.1) is 11.3 Å². The maximum atomic E-state index is 11.9. The van der Waals surface area contributed by atoms with Crippen molar-refractivity contribution in [3.63, 3.8) is 0 Å². The second kappa shape index (κ2) is 7.61. The summed E-state index contributed by atoms with van der Waals surface area (Å²) in [4.78, 5) is 16.2. The molecular weight excluding hydrogens is 300 g/mol. The molecule has 0 bridgehead atoms. The minimum atomic E-state index is 0.00384. The predicted octanol–water partition coefficient (Wildman–Crippen LogP) is 4.70. The van der Waals surface area contributed by atoms with Crippen LogP contribution in [0.4, 0.5) is 5.69 Å². The van der Waals surface area contributed by atoms with Crippen LogP contribution in [-0.4, -0.2) is 16.6 Å². The lowest BCUT2D eigenvalue weighted by atomic mass is 9.99. The van der Waals surface area contributed by atoms with Crippen LogP contribution in [0.3, 0.4) is 0 Å². The van der Waals surface area contributed by atoms with Gasteiger partial charge in [-0.05, 0) is 37.0 Å². The van der Waals surface area contributed by atoms with Gasteiger partial charge in [0.25, 0.3) is 0 Å². The summed E-state index contributed by atoms with van der Waals surface area (Å²) < 4.78 is 0.940. The number of carbonyl (C=O) groups is 1. The minimum Gasteiger partial charge on any atom is -0.325 e. The van der Waals surface area contributed by atoms with E-state index in [9.17, 15) is 4.79 Å². The molecule has 0 fully saturated rings. The zero-order chi connectivity index (χ0) is 15.2. The van der Waals surface area contributed by atoms with Crippen molar-refractivity contribution in [1.82, 2.24) is 4.98 Å². The molecule has 0 aliphatic rings. The van der Waals surface area contributed by atoms with Crippen molar-refractivity contribution in [3.05, 3.63) is 40.9 Å². The molecule has 0 spiro atoms. The number of anilines is 1. The van der Waals surface area contributed by atoms with E-state index in [1.807, 2.05) is 24.4 Å². The predicted molar refractivity (Wildman–Crippen MR) is 91.4 cm³/mol. The molecule has 0 saturated carbocycles. The summed E-state index contributed by atoms with van der Waals surface area (Å²) in [5.74, 6) is 0.947. The van der Waals surface area contributed by atoms with E-state index in [-0.39, 0.29) is 5.91 Å². The Kier molecular flexibility index (Phi) is 5.82. The number of nitrogens with zero attached hydrogens (tertiary/aromatic N) is 1. The van der Waals surface area contributed by atoms with Crippen molar-refractivity contribution in [2.24, 2.45) is 0 Å². The third kappa shape index (κ3) is 4.86. The van der Waals surface area contributed by atoms with Crippen LogP contribution in [0, 0.1) is 6.92 Å². The number of benzene rings is 1. The first-order chi connectivity index (χ1) is 10.1. The molecule has 1 heterocycles. The van der Waals surface area contributed by atoms with Crippen LogP contribution in [0.25, 0.3) is 0 Å². The number of thiazole rings is 1. The molecular formula is C16H20N2OS2. The van der Waals surface area contributed by atoms with Gasteiger partial charge in [-0.1, -0.05) is 37.7 Å². The smallest absolute Gasteiger partial charge is 0.234 e. The molecule has 1 amide bonds. The minimum absolute atomic E-state index is 0.00384. The number of aryl methyl sites for hydroxylation is 1. The van der Waals surface area contributed by atoms with Gasteiger partial charge >= 0.3 is 0 Å². The summed E-state index contributed by atoms with van der Waals surface area (Å²) in [6.07, 6.45) is 1.12. The second-order valence-corrected chi connectivity index (χ2v) is 7.10. The lowest BCUT2D eigenvalue weighted by molar-refractivity contribution is -0.113. The molecule has 2 aromatic rings. The fourth-order valence-electron chi connectivity index (χ4n) is 1.85. The molecule has 1 atom stereocenters. The molecule has 2 rings (SSSR count). The Labute approximate surface area is 134 Å². The number of amides is 1. The highest BCUT2D eigenvalue weighted by Crippen LogP contribution is 2.23. The molecule has 0 radical (unpaired) electrons. The fourth-order valence-corrected chi connectivity index (χ4v) is 3.50. The number of hydrogen-bond donors (Lipinski definition) is 1. The fraction of sp³-hybridized carbons (Fsp3) is 0.375. The van der Waals surface area contributed by atoms with Crippen LogP contribution in [0.15, 0.2) is 34.0 Å². The van der Waals surface area contributed by atoms with E-state index in [4.69, 9.17) is 0 Å². The van der Waals surface area contributed by atoms with Crippen molar-refractivity contribution < 1.29 is 4.79 Å². The van der Waals surface area contributed by atoms with Gasteiger partial charge in [0.05, 0.1) is 5.75 Å². The van der Waals surface area contributed by atoms with Gasteiger partial charge in [-0.3, -0.25) is 4.79 Å². The van der Waals surface area contributed by atoms with Crippen LogP contribution >= 0.6 is 23.1 Å². The molecule has 21 heavy (non-hydrogen) atoms. The van der Waals surface area contributed by atoms with Gasteiger partial charge in [-0.25, -0.2) is 4.98 Å². The molecule has 0 aliphatic carbocycles. The van der Waals surface area contributed by atoms with Gasteiger partial charge < -0.3 is 5.32 Å². The number of carbonyl (C=O) groups excluding carboxylic acids is 1. The van der Waals surface area contributed by atoms with E-state index in [0.717, 1.165) is 22.1 Å². The van der Waals surface area contributed by atoms with Crippen molar-refractivity contribution in [2.45, 2.75) is 37.4 Å². The quantitative estimate of drug-likeness (QED) is 0.785. The van der Waals surface area contributed by atoms with E-state index in [0.29, 0.717) is 11.7 Å². The standard InChI is InChI=1S/C16H20N2OS2/c1-4-11(2)13-5-7-14(8-6-13)18-15(19)10-21-16-17-12(3)9-20-16/h5-9,11H,4,10H2,1-3H3,(H,18,19)/t11-/m0/s1. The van der Waals surface area contributed by atoms with Gasteiger partial charge in [0.1, 0.15) is 0 Å². The lowest BCUT2D eigenvalue weighted by Crippen LogP contribution is -2.13. The van der Waals surface area contributed by atoms with E-state index in [2.05, 4.69) is 36.3 Å². The first-order valence-electron chi connectivity index (χ1n) is 7.03. The zero-order valence-electron chi connectivity index (χ0n) is 12.6. The third-order valence-corrected chi connectivity index (χ3v) is 5.44. The summed E-state index contributed by atoms with van der Waals surface area (Å²) in [6, 6.07) is 8.11. The van der Waals surface area contributed by atoms with E-state index >= 15 is 0 Å². The first kappa shape index (κ1) is 16.0. The third-order valence-electron chi connectivity index (χ3n) is 3.30. The van der Waals surface area contributed by atoms with Crippen molar-refractivity contribution in [3.8, 4) is 0 Å². The summed E-state index contributed by atoms with van der Waals surface area (Å²) in [6.45, 7) is 6.34. The number of nitrogens with one attached hydrogen (secondary N) is 1. The molecule has 1 N–H and O–H groups in total. The van der Waals surface area contributed by atoms with E-state index in [1.165, 1.54) is 17.3 Å². The Morgan fingerprint density at radius 1 is 1.38 bits per heavy atom. The number of hydrogen-bond acceptors (Lipinski definition) is 4. The number of aromatic nitrogens is 1. The van der Waals surface area contributed by atoms with Crippen molar-refractivity contribution in [2.75, 3.05) is 11.1 Å². The molecule has 112 valence electrons. The van der Waals surface area contributed by atoms with Gasteiger partial charge in [0.2, 0.25) is 5.91 Å². The molecule has 0 unspecified atom stereocenters. The average molecular weight is 320 g/mol. The summed E-state index contributed by atoms with van der Waals surface area (Å²) in [5, 5.41) is 4.91. The molecule has 5 heteroatoms. The normalized spacial score (nSPS) is 12.1. The maximum absolute atomic E-state index is 11.9. The Morgan fingerprint density at radius 3 is 2.67 bits per heavy atom. The Morgan fingerprint density at radius 2 is 2.10 bits per heavy atom. The topological polar surface area (TPSA) is 42.0 Å². The molecule has 1 aromatic heterocycles. The molecule has 0 aliphatic heterocycles. The Hall–Kier alpha value is -1.33. The number of rotatable bonds is 6. The molecule has 0 saturated heterocycles. The first-order valence-corrected chi connectivity index (χ1v) is 8.89. The molecule has 1 aromatic carbocycles. The van der Waals surface area contributed by atoms with Gasteiger partial charge in [-0.2, -0.15) is 0 Å². The highest BCUT2D eigenvalue weighted by molar-refractivity contribution is 8.01. The maximum Gasteiger partial charge on any atom is 0.234 e. The highest BCUT2D eigenvalue weighted by Gasteiger charge is 2.07. The average Bonchev–Trinajstić information content (AvgIpc) is 2.91. The Bertz CT molecular complexity index is 593. The summed E-state index contributed by atoms with van der Waals surface area (Å²) >= 11 is 3.05. The molecule has 3 nitrogen and oxygen atoms in total. The SMILES string of the molecule is CC[C@H](C)c1ccc(NC(=O)CSc2nc(C)cs2)cc1. The second-order valence-electron chi connectivity index (χ2n) is 5.02. The summed E-state index contributed by atoms with van der Waals surface area (Å²) in [7, 11) is 0. The van der Waals surface area contributed by atoms with Gasteiger partial charge in [0.15, 0.2) is 4.34 Å². The zero-order valence-corrected chi connectivity index (χ0v) is 14.2. The number of thioether (sulfide) groups is 1. The summed E-state index contributed by atoms with van der Waals surface area (Å²) in [5.41, 5.74) is 3.16. The van der Waals surface area contributed by atoms with Crippen molar-refractivity contribution in [1.29, 1.82) is 0 Å². The van der Waals surface area contributed by atoms with E-state index in [1.54, 1.807) is 11.3 Å². The van der Waals surface area contributed by atoms with Crippen molar-refractivity contribution >= 4 is 34.7 Å². The monoisotopic (exact) mass is 320 g/mol. The highest BCUT2D eigenvalue weighted by atomic mass is 32.2. The lowest BCUT2D eigenvalue weighted by Gasteiger charge is -2.10. The van der Waals surface area contributed by atoms with Crippen LogP contribution in [0.1, 0.15) is 37.4 Å². The van der Waals surface area contributed by atoms with Crippen LogP contribution in [0.5, 0.6) is 0 Å². The van der Waals surface area contributed by atoms with Crippen LogP contribution in [-0.2, 0) is 4.79 Å². The van der Waals surface area contributed by atoms with Crippen LogP contribution in [0.2, 0.25) is 0 Å². The largest absolute Gasteiger partial charge is 0.325 e. The Balaban J connectivity index is 1.84. The van der Waals surface area contributed by atoms with Crippen LogP contribution < -0.4 is 5.32 Å².